The molecule has 0 saturated heterocycles. The summed E-state index contributed by atoms with van der Waals surface area (Å²) in [6.07, 6.45) is 15.3. The summed E-state index contributed by atoms with van der Waals surface area (Å²) >= 11 is 0. The number of hydrogen-bond donors (Lipinski definition) is 0. The molecule has 35 heavy (non-hydrogen) atoms. The monoisotopic (exact) mass is 491 g/mol. The van der Waals surface area contributed by atoms with Gasteiger partial charge < -0.3 is 0 Å². The molecular weight excluding hydrogens is 450 g/mol. The smallest absolute Gasteiger partial charge is 0.247 e. The summed E-state index contributed by atoms with van der Waals surface area (Å²) in [7, 11) is 0. The third-order valence-corrected chi connectivity index (χ3v) is 6.05. The summed E-state index contributed by atoms with van der Waals surface area (Å²) in [5, 5.41) is 0. The maximum absolute atomic E-state index is 13.0. The van der Waals surface area contributed by atoms with Gasteiger partial charge in [0.15, 0.2) is 0 Å². The molecule has 1 heterocycles. The summed E-state index contributed by atoms with van der Waals surface area (Å²) in [6.45, 7) is 3.85. The molecule has 0 spiro atoms. The average Bonchev–Trinajstić information content (AvgIpc) is 2.85. The Balaban J connectivity index is 2.88. The van der Waals surface area contributed by atoms with Crippen LogP contribution in [0.5, 0.6) is 0 Å². The summed E-state index contributed by atoms with van der Waals surface area (Å²) < 4.78 is 3.61. The highest BCUT2D eigenvalue weighted by atomic mass is 16.2. The van der Waals surface area contributed by atoms with Gasteiger partial charge >= 0.3 is 17.1 Å². The maximum Gasteiger partial charge on any atom is 0.336 e. The number of rotatable bonds is 21. The summed E-state index contributed by atoms with van der Waals surface area (Å²) in [5.41, 5.74) is -1.60. The lowest BCUT2D eigenvalue weighted by atomic mass is 10.1. The summed E-state index contributed by atoms with van der Waals surface area (Å²) in [4.78, 5) is 66.4. The van der Waals surface area contributed by atoms with Crippen molar-refractivity contribution < 1.29 is 9.59 Å². The largest absolute Gasteiger partial charge is 0.336 e. The van der Waals surface area contributed by atoms with Gasteiger partial charge in [-0.15, -0.1) is 0 Å². The van der Waals surface area contributed by atoms with Gasteiger partial charge in [-0.2, -0.15) is 0 Å². The number of unbranched alkanes of at least 4 members (excludes halogenated alkanes) is 11. The highest BCUT2D eigenvalue weighted by molar-refractivity contribution is 5.32. The molecule has 0 aliphatic carbocycles. The van der Waals surface area contributed by atoms with Crippen LogP contribution in [-0.4, -0.2) is 39.0 Å². The minimum atomic E-state index is -0.546. The van der Waals surface area contributed by atoms with Crippen LogP contribution in [0.1, 0.15) is 96.8 Å². The number of hydrogen-bond acceptors (Lipinski definition) is 7. The van der Waals surface area contributed by atoms with E-state index >= 15 is 0 Å². The second-order valence-corrected chi connectivity index (χ2v) is 8.84. The van der Waals surface area contributed by atoms with Crippen molar-refractivity contribution in [3.05, 3.63) is 31.5 Å². The molecule has 10 heteroatoms. The van der Waals surface area contributed by atoms with Crippen LogP contribution in [0.3, 0.4) is 0 Å². The molecular formula is C25H41N5O5. The number of aliphatic imine (C=N–C) groups is 2. The van der Waals surface area contributed by atoms with Crippen LogP contribution in [0.25, 0.3) is 0 Å². The Kier molecular flexibility index (Phi) is 16.8. The first kappa shape index (κ1) is 30.2. The zero-order chi connectivity index (χ0) is 25.7. The molecule has 0 fully saturated rings. The number of aromatic nitrogens is 3. The predicted octanol–water partition coefficient (Wildman–Crippen LogP) is 3.32. The van der Waals surface area contributed by atoms with Gasteiger partial charge in [-0.25, -0.2) is 47.7 Å². The topological polar surface area (TPSA) is 125 Å². The Morgan fingerprint density at radius 3 is 1.17 bits per heavy atom. The van der Waals surface area contributed by atoms with Crippen molar-refractivity contribution in [2.75, 3.05) is 13.1 Å². The molecule has 0 amide bonds. The summed E-state index contributed by atoms with van der Waals surface area (Å²) in [6, 6.07) is 0. The van der Waals surface area contributed by atoms with Crippen LogP contribution in [0.4, 0.5) is 0 Å². The zero-order valence-electron chi connectivity index (χ0n) is 21.2. The molecule has 0 bridgehead atoms. The lowest BCUT2D eigenvalue weighted by Gasteiger charge is -2.14. The van der Waals surface area contributed by atoms with E-state index in [1.807, 2.05) is 0 Å². The van der Waals surface area contributed by atoms with Crippen molar-refractivity contribution >= 4 is 12.2 Å². The van der Waals surface area contributed by atoms with Gasteiger partial charge in [-0.1, -0.05) is 64.7 Å². The van der Waals surface area contributed by atoms with Crippen molar-refractivity contribution in [3.8, 4) is 0 Å². The van der Waals surface area contributed by atoms with Gasteiger partial charge in [0.25, 0.3) is 0 Å². The van der Waals surface area contributed by atoms with Crippen molar-refractivity contribution in [1.29, 1.82) is 0 Å². The molecule has 10 nitrogen and oxygen atoms in total. The second-order valence-electron chi connectivity index (χ2n) is 8.84. The van der Waals surface area contributed by atoms with Gasteiger partial charge in [0.1, 0.15) is 0 Å². The molecule has 196 valence electrons. The van der Waals surface area contributed by atoms with E-state index in [4.69, 9.17) is 0 Å². The molecule has 0 unspecified atom stereocenters. The van der Waals surface area contributed by atoms with E-state index in [1.54, 1.807) is 0 Å². The minimum absolute atomic E-state index is 0.259. The number of isocyanates is 2. The fourth-order valence-electron chi connectivity index (χ4n) is 4.03. The Hall–Kier alpha value is -2.83. The van der Waals surface area contributed by atoms with Gasteiger partial charge in [-0.3, -0.25) is 0 Å². The van der Waals surface area contributed by atoms with Crippen LogP contribution in [0.2, 0.25) is 0 Å². The van der Waals surface area contributed by atoms with Crippen LogP contribution in [0.15, 0.2) is 24.4 Å². The molecule has 1 rings (SSSR count). The fraction of sp³-hybridized carbons (Fsp3) is 0.800. The van der Waals surface area contributed by atoms with Gasteiger partial charge in [0.05, 0.1) is 13.1 Å². The van der Waals surface area contributed by atoms with E-state index in [2.05, 4.69) is 16.9 Å². The normalized spacial score (nSPS) is 10.7. The van der Waals surface area contributed by atoms with Gasteiger partial charge in [-0.05, 0) is 32.1 Å². The van der Waals surface area contributed by atoms with E-state index in [1.165, 1.54) is 32.3 Å². The minimum Gasteiger partial charge on any atom is -0.247 e. The Morgan fingerprint density at radius 2 is 0.829 bits per heavy atom. The Labute approximate surface area is 206 Å². The van der Waals surface area contributed by atoms with E-state index in [-0.39, 0.29) is 13.1 Å². The van der Waals surface area contributed by atoms with Crippen molar-refractivity contribution in [2.45, 2.75) is 116 Å². The maximum atomic E-state index is 13.0. The van der Waals surface area contributed by atoms with Crippen LogP contribution in [0, 0.1) is 0 Å². The van der Waals surface area contributed by atoms with E-state index in [0.717, 1.165) is 70.6 Å². The van der Waals surface area contributed by atoms with Crippen molar-refractivity contribution in [2.24, 2.45) is 9.98 Å². The molecule has 1 aromatic rings. The van der Waals surface area contributed by atoms with Gasteiger partial charge in [0, 0.05) is 19.6 Å². The fourth-order valence-corrected chi connectivity index (χ4v) is 4.03. The lowest BCUT2D eigenvalue weighted by molar-refractivity contribution is 0.412. The van der Waals surface area contributed by atoms with E-state index in [0.29, 0.717) is 32.5 Å². The van der Waals surface area contributed by atoms with Gasteiger partial charge in [0.2, 0.25) is 12.2 Å². The third-order valence-electron chi connectivity index (χ3n) is 6.05. The van der Waals surface area contributed by atoms with E-state index < -0.39 is 17.1 Å². The molecule has 0 N–H and O–H groups in total. The Morgan fingerprint density at radius 1 is 0.514 bits per heavy atom. The average molecular weight is 492 g/mol. The first-order chi connectivity index (χ1) is 17.1. The molecule has 0 aliphatic rings. The zero-order valence-corrected chi connectivity index (χ0v) is 21.2. The first-order valence-electron chi connectivity index (χ1n) is 13.1. The highest BCUT2D eigenvalue weighted by Gasteiger charge is 2.15. The number of carbonyl (C=O) groups excluding carboxylic acids is 2. The molecule has 1 aromatic heterocycles. The lowest BCUT2D eigenvalue weighted by Crippen LogP contribution is -2.54. The van der Waals surface area contributed by atoms with Crippen LogP contribution in [-0.2, 0) is 29.2 Å². The molecule has 0 atom stereocenters. The number of nitrogens with zero attached hydrogens (tertiary/aromatic N) is 5. The van der Waals surface area contributed by atoms with E-state index in [9.17, 15) is 24.0 Å². The molecule has 0 saturated carbocycles. The quantitative estimate of drug-likeness (QED) is 0.148. The molecule has 0 aromatic carbocycles. The van der Waals surface area contributed by atoms with Crippen LogP contribution < -0.4 is 17.1 Å². The molecule has 0 radical (unpaired) electrons. The van der Waals surface area contributed by atoms with Crippen molar-refractivity contribution in [1.82, 2.24) is 13.7 Å². The summed E-state index contributed by atoms with van der Waals surface area (Å²) in [5.74, 6) is 0. The third kappa shape index (κ3) is 11.9. The SMILES string of the molecule is CCCCCCCCn1c(=O)n(CCCCCCN=C=O)c(=O)n(CCCCCCN=C=O)c1=O. The first-order valence-corrected chi connectivity index (χ1v) is 13.1. The predicted molar refractivity (Wildman–Crippen MR) is 136 cm³/mol. The van der Waals surface area contributed by atoms with Crippen molar-refractivity contribution in [3.63, 3.8) is 0 Å². The second kappa shape index (κ2) is 19.5. The van der Waals surface area contributed by atoms with Crippen LogP contribution >= 0.6 is 0 Å². The highest BCUT2D eigenvalue weighted by Crippen LogP contribution is 2.06. The Bertz CT molecular complexity index is 929. The standard InChI is InChI=1S/C25H41N5O5/c1-2-3-4-5-8-13-18-28-23(33)29(19-14-9-6-11-16-26-21-31)25(35)30(24(28)34)20-15-10-7-12-17-27-22-32/h2-20H2,1H3. The molecule has 0 aliphatic heterocycles.